The largest absolute Gasteiger partial charge is 0.482 e. The number of benzene rings is 3. The Morgan fingerprint density at radius 3 is 2.23 bits per heavy atom. The van der Waals surface area contributed by atoms with Gasteiger partial charge >= 0.3 is 12.1 Å². The van der Waals surface area contributed by atoms with Gasteiger partial charge in [-0.05, 0) is 80.0 Å². The fourth-order valence-corrected chi connectivity index (χ4v) is 4.46. The minimum atomic E-state index is -0.381. The van der Waals surface area contributed by atoms with E-state index in [1.807, 2.05) is 72.8 Å². The van der Waals surface area contributed by atoms with Gasteiger partial charge in [0.2, 0.25) is 0 Å². The molecule has 0 N–H and O–H groups in total. The molecule has 182 valence electrons. The van der Waals surface area contributed by atoms with Crippen molar-refractivity contribution >= 4 is 23.4 Å². The summed E-state index contributed by atoms with van der Waals surface area (Å²) in [5.74, 6) is 0.806. The maximum Gasteiger partial charge on any atom is 0.418 e. The number of carbonyl (C=O) groups is 2. The molecular weight excluding hydrogens is 442 g/mol. The van der Waals surface area contributed by atoms with Gasteiger partial charge in [-0.25, -0.2) is 14.5 Å². The van der Waals surface area contributed by atoms with Crippen molar-refractivity contribution in [2.24, 2.45) is 5.92 Å². The second kappa shape index (κ2) is 12.1. The van der Waals surface area contributed by atoms with Crippen molar-refractivity contribution in [3.63, 3.8) is 0 Å². The van der Waals surface area contributed by atoms with Crippen LogP contribution in [0.1, 0.15) is 30.9 Å². The van der Waals surface area contributed by atoms with Gasteiger partial charge in [0.15, 0.2) is 6.61 Å². The predicted molar refractivity (Wildman–Crippen MR) is 135 cm³/mol. The van der Waals surface area contributed by atoms with Gasteiger partial charge < -0.3 is 14.2 Å². The summed E-state index contributed by atoms with van der Waals surface area (Å²) in [6.45, 7) is 2.40. The quantitative estimate of drug-likeness (QED) is 0.352. The van der Waals surface area contributed by atoms with Crippen LogP contribution in [0, 0.1) is 5.92 Å². The summed E-state index contributed by atoms with van der Waals surface area (Å²) in [6.07, 6.45) is 3.15. The van der Waals surface area contributed by atoms with Crippen molar-refractivity contribution in [2.45, 2.75) is 32.6 Å². The number of amides is 1. The van der Waals surface area contributed by atoms with E-state index in [1.54, 1.807) is 11.8 Å². The predicted octanol–water partition coefficient (Wildman–Crippen LogP) is 6.10. The van der Waals surface area contributed by atoms with Crippen LogP contribution < -0.4 is 9.64 Å². The molecule has 0 aliphatic heterocycles. The van der Waals surface area contributed by atoms with Crippen molar-refractivity contribution in [1.82, 2.24) is 0 Å². The third kappa shape index (κ3) is 6.41. The van der Waals surface area contributed by atoms with E-state index in [9.17, 15) is 9.59 Å². The van der Waals surface area contributed by atoms with Crippen LogP contribution in [0.4, 0.5) is 16.2 Å². The zero-order valence-corrected chi connectivity index (χ0v) is 20.0. The first-order chi connectivity index (χ1) is 17.2. The molecule has 3 aromatic rings. The number of hydrogen-bond acceptors (Lipinski definition) is 5. The molecule has 0 fully saturated rings. The number of esters is 1. The van der Waals surface area contributed by atoms with E-state index in [2.05, 4.69) is 6.07 Å². The second-order valence-electron chi connectivity index (χ2n) is 8.51. The highest BCUT2D eigenvalue weighted by atomic mass is 16.6. The van der Waals surface area contributed by atoms with Crippen molar-refractivity contribution < 1.29 is 23.8 Å². The summed E-state index contributed by atoms with van der Waals surface area (Å²) < 4.78 is 16.4. The average molecular weight is 474 g/mol. The molecule has 0 spiro atoms. The highest BCUT2D eigenvalue weighted by molar-refractivity contribution is 5.95. The molecule has 1 atom stereocenters. The van der Waals surface area contributed by atoms with E-state index in [-0.39, 0.29) is 18.7 Å². The fourth-order valence-electron chi connectivity index (χ4n) is 4.46. The molecule has 0 radical (unpaired) electrons. The van der Waals surface area contributed by atoms with Crippen LogP contribution in [-0.4, -0.2) is 31.9 Å². The number of ether oxygens (including phenoxy) is 3. The normalized spacial score (nSPS) is 14.5. The lowest BCUT2D eigenvalue weighted by Gasteiger charge is -2.27. The minimum Gasteiger partial charge on any atom is -0.482 e. The van der Waals surface area contributed by atoms with Gasteiger partial charge in [-0.3, -0.25) is 0 Å². The van der Waals surface area contributed by atoms with Crippen LogP contribution in [0.2, 0.25) is 0 Å². The monoisotopic (exact) mass is 473 g/mol. The zero-order chi connectivity index (χ0) is 24.5. The topological polar surface area (TPSA) is 65.1 Å². The molecule has 4 rings (SSSR count). The van der Waals surface area contributed by atoms with Crippen LogP contribution in [-0.2, 0) is 27.1 Å². The molecular formula is C29H31NO5. The summed E-state index contributed by atoms with van der Waals surface area (Å²) in [5.41, 5.74) is 3.92. The molecule has 35 heavy (non-hydrogen) atoms. The van der Waals surface area contributed by atoms with Crippen molar-refractivity contribution in [1.29, 1.82) is 0 Å². The number of rotatable bonds is 9. The van der Waals surface area contributed by atoms with Gasteiger partial charge in [-0.1, -0.05) is 48.5 Å². The van der Waals surface area contributed by atoms with E-state index < -0.39 is 0 Å². The molecule has 0 saturated heterocycles. The zero-order valence-electron chi connectivity index (χ0n) is 20.0. The van der Waals surface area contributed by atoms with Gasteiger partial charge in [0.05, 0.1) is 24.6 Å². The van der Waals surface area contributed by atoms with Gasteiger partial charge in [0.25, 0.3) is 0 Å². The number of nitrogens with zero attached hydrogens (tertiary/aromatic N) is 1. The summed E-state index contributed by atoms with van der Waals surface area (Å²) in [4.78, 5) is 26.3. The molecule has 6 nitrogen and oxygen atoms in total. The molecule has 0 saturated carbocycles. The number of anilines is 2. The molecule has 3 aromatic carbocycles. The molecule has 1 amide bonds. The third-order valence-electron chi connectivity index (χ3n) is 6.16. The molecule has 1 aliphatic rings. The van der Waals surface area contributed by atoms with E-state index in [4.69, 9.17) is 14.2 Å². The van der Waals surface area contributed by atoms with E-state index in [0.29, 0.717) is 19.1 Å². The summed E-state index contributed by atoms with van der Waals surface area (Å²) in [6, 6.07) is 25.0. The molecule has 6 heteroatoms. The standard InChI is InChI=1S/C29H31NO5/c1-2-33-28(31)21-35-27-15-9-10-23-20-22(16-17-26(23)27)18-19-34-29(32)30(24-11-5-3-6-12-24)25-13-7-4-8-14-25/h3-15,22H,2,16-21H2,1H3. The van der Waals surface area contributed by atoms with E-state index >= 15 is 0 Å². The van der Waals surface area contributed by atoms with E-state index in [1.165, 1.54) is 5.56 Å². The fraction of sp³-hybridized carbons (Fsp3) is 0.310. The summed E-state index contributed by atoms with van der Waals surface area (Å²) in [7, 11) is 0. The minimum absolute atomic E-state index is 0.0804. The Balaban J connectivity index is 1.33. The lowest BCUT2D eigenvalue weighted by atomic mass is 9.82. The van der Waals surface area contributed by atoms with Gasteiger partial charge in [-0.2, -0.15) is 0 Å². The summed E-state index contributed by atoms with van der Waals surface area (Å²) >= 11 is 0. The van der Waals surface area contributed by atoms with Crippen LogP contribution >= 0.6 is 0 Å². The van der Waals surface area contributed by atoms with Crippen LogP contribution in [0.5, 0.6) is 5.75 Å². The van der Waals surface area contributed by atoms with E-state index in [0.717, 1.165) is 48.4 Å². The first-order valence-corrected chi connectivity index (χ1v) is 12.1. The third-order valence-corrected chi connectivity index (χ3v) is 6.16. The van der Waals surface area contributed by atoms with Crippen LogP contribution in [0.15, 0.2) is 78.9 Å². The Bertz CT molecular complexity index is 1080. The van der Waals surface area contributed by atoms with Gasteiger partial charge in [0, 0.05) is 0 Å². The molecule has 1 aliphatic carbocycles. The smallest absolute Gasteiger partial charge is 0.418 e. The number of carbonyl (C=O) groups excluding carboxylic acids is 2. The van der Waals surface area contributed by atoms with Crippen LogP contribution in [0.25, 0.3) is 0 Å². The second-order valence-corrected chi connectivity index (χ2v) is 8.51. The first-order valence-electron chi connectivity index (χ1n) is 12.1. The highest BCUT2D eigenvalue weighted by Gasteiger charge is 2.24. The van der Waals surface area contributed by atoms with Crippen molar-refractivity contribution in [3.8, 4) is 5.75 Å². The summed E-state index contributed by atoms with van der Waals surface area (Å²) in [5, 5.41) is 0. The van der Waals surface area contributed by atoms with Gasteiger partial charge in [0.1, 0.15) is 5.75 Å². The van der Waals surface area contributed by atoms with Crippen molar-refractivity contribution in [3.05, 3.63) is 90.0 Å². The number of hydrogen-bond donors (Lipinski definition) is 0. The Kier molecular flexibility index (Phi) is 8.39. The average Bonchev–Trinajstić information content (AvgIpc) is 2.89. The highest BCUT2D eigenvalue weighted by Crippen LogP contribution is 2.34. The lowest BCUT2D eigenvalue weighted by molar-refractivity contribution is -0.145. The molecule has 0 aromatic heterocycles. The molecule has 0 heterocycles. The van der Waals surface area contributed by atoms with Crippen molar-refractivity contribution in [2.75, 3.05) is 24.7 Å². The maximum absolute atomic E-state index is 13.1. The Labute approximate surface area is 206 Å². The Hall–Kier alpha value is -3.80. The number of fused-ring (bicyclic) bond motifs is 1. The number of para-hydroxylation sites is 2. The van der Waals surface area contributed by atoms with Crippen LogP contribution in [0.3, 0.4) is 0 Å². The lowest BCUT2D eigenvalue weighted by Crippen LogP contribution is -2.28. The molecule has 1 unspecified atom stereocenters. The Morgan fingerprint density at radius 2 is 1.57 bits per heavy atom. The first kappa shape index (κ1) is 24.3. The Morgan fingerprint density at radius 1 is 0.886 bits per heavy atom. The van der Waals surface area contributed by atoms with Gasteiger partial charge in [-0.15, -0.1) is 0 Å². The maximum atomic E-state index is 13.1. The SMILES string of the molecule is CCOC(=O)COc1cccc2c1CCC(CCOC(=O)N(c1ccccc1)c1ccccc1)C2. The molecule has 0 bridgehead atoms.